The molecule has 34 heavy (non-hydrogen) atoms. The first-order valence-electron chi connectivity index (χ1n) is 10.9. The zero-order valence-electron chi connectivity index (χ0n) is 18.9. The average Bonchev–Trinajstić information content (AvgIpc) is 3.29. The summed E-state index contributed by atoms with van der Waals surface area (Å²) in [7, 11) is 0. The van der Waals surface area contributed by atoms with Gasteiger partial charge in [0.05, 0.1) is 28.5 Å². The standard InChI is InChI=1S/C26H22ClN3O3S/c1-4-33-25(32)22-15(3)29-26-30(23(22)16-9-11-17(27)12-10-16)24(31)21(34-26)13-19-14(2)28-20-8-6-5-7-18(19)20/h5-13,23,28H,4H2,1-3H3. The summed E-state index contributed by atoms with van der Waals surface area (Å²) in [5.74, 6) is -0.481. The van der Waals surface area contributed by atoms with E-state index in [1.165, 1.54) is 11.3 Å². The van der Waals surface area contributed by atoms with Crippen LogP contribution in [0.25, 0.3) is 17.0 Å². The van der Waals surface area contributed by atoms with Gasteiger partial charge in [0.15, 0.2) is 4.80 Å². The lowest BCUT2D eigenvalue weighted by molar-refractivity contribution is -0.139. The number of para-hydroxylation sites is 1. The van der Waals surface area contributed by atoms with Crippen LogP contribution in [0.4, 0.5) is 0 Å². The fourth-order valence-electron chi connectivity index (χ4n) is 4.37. The Labute approximate surface area is 204 Å². The number of halogens is 1. The summed E-state index contributed by atoms with van der Waals surface area (Å²) in [6.07, 6.45) is 1.90. The number of carbonyl (C=O) groups excluding carboxylic acids is 1. The Morgan fingerprint density at radius 1 is 1.21 bits per heavy atom. The van der Waals surface area contributed by atoms with Gasteiger partial charge in [-0.3, -0.25) is 9.36 Å². The van der Waals surface area contributed by atoms with Crippen LogP contribution in [0.5, 0.6) is 0 Å². The minimum Gasteiger partial charge on any atom is -0.463 e. The number of ether oxygens (including phenoxy) is 1. The van der Waals surface area contributed by atoms with Crippen LogP contribution in [0.15, 0.2) is 69.6 Å². The van der Waals surface area contributed by atoms with Crippen LogP contribution < -0.4 is 14.9 Å². The van der Waals surface area contributed by atoms with Gasteiger partial charge in [0.1, 0.15) is 0 Å². The Hall–Kier alpha value is -3.42. The number of esters is 1. The molecule has 172 valence electrons. The summed E-state index contributed by atoms with van der Waals surface area (Å²) < 4.78 is 7.46. The Bertz CT molecular complexity index is 1640. The van der Waals surface area contributed by atoms with Gasteiger partial charge in [-0.2, -0.15) is 0 Å². The Morgan fingerprint density at radius 2 is 1.94 bits per heavy atom. The molecule has 1 N–H and O–H groups in total. The van der Waals surface area contributed by atoms with Crippen LogP contribution >= 0.6 is 22.9 Å². The fraction of sp³-hybridized carbons (Fsp3) is 0.192. The molecule has 1 aliphatic rings. The number of aryl methyl sites for hydroxylation is 1. The van der Waals surface area contributed by atoms with Gasteiger partial charge in [-0.25, -0.2) is 9.79 Å². The maximum absolute atomic E-state index is 13.7. The number of hydrogen-bond donors (Lipinski definition) is 1. The molecule has 1 atom stereocenters. The molecule has 3 heterocycles. The number of thiazole rings is 1. The predicted molar refractivity (Wildman–Crippen MR) is 135 cm³/mol. The van der Waals surface area contributed by atoms with Gasteiger partial charge >= 0.3 is 5.97 Å². The molecule has 2 aromatic heterocycles. The van der Waals surface area contributed by atoms with Crippen LogP contribution in [0, 0.1) is 6.92 Å². The third kappa shape index (κ3) is 3.71. The molecular weight excluding hydrogens is 470 g/mol. The highest BCUT2D eigenvalue weighted by Gasteiger charge is 2.33. The molecule has 0 aliphatic carbocycles. The van der Waals surface area contributed by atoms with Crippen molar-refractivity contribution in [1.82, 2.24) is 9.55 Å². The Kier molecular flexibility index (Phi) is 5.75. The lowest BCUT2D eigenvalue weighted by Gasteiger charge is -2.24. The van der Waals surface area contributed by atoms with Crippen LogP contribution in [-0.2, 0) is 9.53 Å². The normalized spacial score (nSPS) is 16.0. The van der Waals surface area contributed by atoms with E-state index in [1.54, 1.807) is 30.5 Å². The first-order chi connectivity index (χ1) is 16.4. The van der Waals surface area contributed by atoms with Crippen molar-refractivity contribution in [3.05, 3.63) is 101 Å². The van der Waals surface area contributed by atoms with Gasteiger partial charge < -0.3 is 9.72 Å². The third-order valence-corrected chi connectivity index (χ3v) is 7.16. The molecule has 5 rings (SSSR count). The zero-order valence-corrected chi connectivity index (χ0v) is 20.5. The molecular formula is C26H22ClN3O3S. The van der Waals surface area contributed by atoms with Crippen LogP contribution in [0.1, 0.15) is 36.7 Å². The summed E-state index contributed by atoms with van der Waals surface area (Å²) in [5.41, 5.74) is 4.40. The number of nitrogens with zero attached hydrogens (tertiary/aromatic N) is 2. The number of aromatic amines is 1. The number of fused-ring (bicyclic) bond motifs is 2. The predicted octanol–water partition coefficient (Wildman–Crippen LogP) is 4.24. The number of benzene rings is 2. The molecule has 0 spiro atoms. The molecule has 0 bridgehead atoms. The van der Waals surface area contributed by atoms with E-state index in [4.69, 9.17) is 16.3 Å². The Morgan fingerprint density at radius 3 is 2.68 bits per heavy atom. The molecule has 0 amide bonds. The second-order valence-electron chi connectivity index (χ2n) is 8.06. The highest BCUT2D eigenvalue weighted by Crippen LogP contribution is 2.31. The van der Waals surface area contributed by atoms with Gasteiger partial charge in [-0.15, -0.1) is 0 Å². The lowest BCUT2D eigenvalue weighted by atomic mass is 9.96. The van der Waals surface area contributed by atoms with Gasteiger partial charge in [0, 0.05) is 27.2 Å². The largest absolute Gasteiger partial charge is 0.463 e. The molecule has 0 saturated heterocycles. The Balaban J connectivity index is 1.76. The van der Waals surface area contributed by atoms with Crippen molar-refractivity contribution in [3.8, 4) is 0 Å². The minimum absolute atomic E-state index is 0.206. The van der Waals surface area contributed by atoms with E-state index < -0.39 is 12.0 Å². The molecule has 0 fully saturated rings. The summed E-state index contributed by atoms with van der Waals surface area (Å²) >= 11 is 7.42. The molecule has 2 aromatic carbocycles. The van der Waals surface area contributed by atoms with E-state index in [0.29, 0.717) is 25.6 Å². The van der Waals surface area contributed by atoms with E-state index in [2.05, 4.69) is 9.98 Å². The van der Waals surface area contributed by atoms with Gasteiger partial charge in [-0.1, -0.05) is 53.3 Å². The van der Waals surface area contributed by atoms with E-state index in [1.807, 2.05) is 49.4 Å². The van der Waals surface area contributed by atoms with Crippen LogP contribution in [0.3, 0.4) is 0 Å². The number of allylic oxidation sites excluding steroid dienone is 1. The van der Waals surface area contributed by atoms with Crippen LogP contribution in [-0.4, -0.2) is 22.1 Å². The lowest BCUT2D eigenvalue weighted by Crippen LogP contribution is -2.39. The summed E-state index contributed by atoms with van der Waals surface area (Å²) in [6, 6.07) is 14.5. The van der Waals surface area contributed by atoms with Gasteiger partial charge in [0.25, 0.3) is 5.56 Å². The maximum atomic E-state index is 13.7. The number of aromatic nitrogens is 2. The van der Waals surface area contributed by atoms with E-state index >= 15 is 0 Å². The second kappa shape index (κ2) is 8.74. The molecule has 6 nitrogen and oxygen atoms in total. The van der Waals surface area contributed by atoms with Crippen molar-refractivity contribution < 1.29 is 9.53 Å². The SMILES string of the molecule is CCOC(=O)C1=C(C)N=c2sc(=Cc3c(C)[nH]c4ccccc34)c(=O)n2C1c1ccc(Cl)cc1. The van der Waals surface area contributed by atoms with Crippen molar-refractivity contribution in [1.29, 1.82) is 0 Å². The third-order valence-electron chi connectivity index (χ3n) is 5.92. The first kappa shape index (κ1) is 22.4. The number of hydrogen-bond acceptors (Lipinski definition) is 5. The van der Waals surface area contributed by atoms with Crippen molar-refractivity contribution in [2.24, 2.45) is 4.99 Å². The van der Waals surface area contributed by atoms with Gasteiger partial charge in [-0.05, 0) is 50.6 Å². The number of carbonyl (C=O) groups is 1. The smallest absolute Gasteiger partial charge is 0.338 e. The topological polar surface area (TPSA) is 76.4 Å². The highest BCUT2D eigenvalue weighted by molar-refractivity contribution is 7.07. The van der Waals surface area contributed by atoms with E-state index in [9.17, 15) is 9.59 Å². The zero-order chi connectivity index (χ0) is 24.0. The summed E-state index contributed by atoms with van der Waals surface area (Å²) in [6.45, 7) is 5.75. The second-order valence-corrected chi connectivity index (χ2v) is 9.51. The first-order valence-corrected chi connectivity index (χ1v) is 12.1. The maximum Gasteiger partial charge on any atom is 0.338 e. The van der Waals surface area contributed by atoms with Gasteiger partial charge in [0.2, 0.25) is 0 Å². The molecule has 1 aliphatic heterocycles. The van der Waals surface area contributed by atoms with E-state index in [0.717, 1.165) is 27.7 Å². The van der Waals surface area contributed by atoms with Crippen molar-refractivity contribution in [2.45, 2.75) is 26.8 Å². The van der Waals surface area contributed by atoms with Crippen molar-refractivity contribution >= 4 is 45.9 Å². The summed E-state index contributed by atoms with van der Waals surface area (Å²) in [5, 5.41) is 1.62. The van der Waals surface area contributed by atoms with Crippen molar-refractivity contribution in [2.75, 3.05) is 6.61 Å². The number of rotatable bonds is 4. The monoisotopic (exact) mass is 491 g/mol. The van der Waals surface area contributed by atoms with Crippen LogP contribution in [0.2, 0.25) is 5.02 Å². The molecule has 0 radical (unpaired) electrons. The quantitative estimate of drug-likeness (QED) is 0.434. The molecule has 4 aromatic rings. The minimum atomic E-state index is -0.654. The summed E-state index contributed by atoms with van der Waals surface area (Å²) in [4.78, 5) is 35.2. The number of H-pyrrole nitrogens is 1. The molecule has 1 unspecified atom stereocenters. The average molecular weight is 492 g/mol. The molecule has 0 saturated carbocycles. The number of nitrogens with one attached hydrogen (secondary N) is 1. The van der Waals surface area contributed by atoms with Crippen molar-refractivity contribution in [3.63, 3.8) is 0 Å². The molecule has 8 heteroatoms. The highest BCUT2D eigenvalue weighted by atomic mass is 35.5. The van der Waals surface area contributed by atoms with E-state index in [-0.39, 0.29) is 12.2 Å². The fourth-order valence-corrected chi connectivity index (χ4v) is 5.52.